The van der Waals surface area contributed by atoms with Crippen LogP contribution in [-0.2, 0) is 10.2 Å². The van der Waals surface area contributed by atoms with Gasteiger partial charge in [0.25, 0.3) is 10.2 Å². The predicted octanol–water partition coefficient (Wildman–Crippen LogP) is 1.45. The standard InChI is InChI=1S/C14H21N5O2S/c1-11(2)17(3)22(20,21)19-10-6-7-12(19)14-16-15-13-8-4-5-9-18(13)14/h4-5,8-9,11-12H,6-7,10H2,1-3H3. The predicted molar refractivity (Wildman–Crippen MR) is 83.5 cm³/mol. The van der Waals surface area contributed by atoms with Gasteiger partial charge in [-0.2, -0.15) is 17.0 Å². The van der Waals surface area contributed by atoms with E-state index in [9.17, 15) is 8.42 Å². The SMILES string of the molecule is CC(C)N(C)S(=O)(=O)N1CCCC1c1nnc2ccccn12. The molecule has 1 unspecified atom stereocenters. The molecule has 1 aliphatic rings. The summed E-state index contributed by atoms with van der Waals surface area (Å²) < 4.78 is 30.5. The van der Waals surface area contributed by atoms with E-state index >= 15 is 0 Å². The number of nitrogens with zero attached hydrogens (tertiary/aromatic N) is 5. The third kappa shape index (κ3) is 2.41. The first-order valence-corrected chi connectivity index (χ1v) is 8.87. The van der Waals surface area contributed by atoms with Crippen LogP contribution >= 0.6 is 0 Å². The van der Waals surface area contributed by atoms with E-state index < -0.39 is 10.2 Å². The lowest BCUT2D eigenvalue weighted by Gasteiger charge is -2.30. The van der Waals surface area contributed by atoms with Gasteiger partial charge in [-0.3, -0.25) is 4.40 Å². The zero-order chi connectivity index (χ0) is 15.9. The van der Waals surface area contributed by atoms with E-state index in [1.165, 1.54) is 4.31 Å². The summed E-state index contributed by atoms with van der Waals surface area (Å²) in [5.41, 5.74) is 0.735. The first kappa shape index (κ1) is 15.4. The van der Waals surface area contributed by atoms with Crippen LogP contribution < -0.4 is 0 Å². The lowest BCUT2D eigenvalue weighted by molar-refractivity contribution is 0.319. The van der Waals surface area contributed by atoms with Crippen molar-refractivity contribution in [2.75, 3.05) is 13.6 Å². The maximum Gasteiger partial charge on any atom is 0.282 e. The minimum atomic E-state index is -3.50. The molecule has 3 rings (SSSR count). The summed E-state index contributed by atoms with van der Waals surface area (Å²) >= 11 is 0. The number of pyridine rings is 1. The number of rotatable bonds is 4. The zero-order valence-electron chi connectivity index (χ0n) is 13.0. The Morgan fingerprint density at radius 3 is 2.82 bits per heavy atom. The van der Waals surface area contributed by atoms with E-state index in [1.807, 2.05) is 42.6 Å². The highest BCUT2D eigenvalue weighted by molar-refractivity contribution is 7.86. The Morgan fingerprint density at radius 1 is 1.32 bits per heavy atom. The van der Waals surface area contributed by atoms with Crippen LogP contribution in [-0.4, -0.2) is 51.3 Å². The second-order valence-electron chi connectivity index (χ2n) is 5.87. The number of hydrogen-bond acceptors (Lipinski definition) is 4. The second-order valence-corrected chi connectivity index (χ2v) is 7.81. The van der Waals surface area contributed by atoms with Gasteiger partial charge in [0.2, 0.25) is 0 Å². The average molecular weight is 323 g/mol. The van der Waals surface area contributed by atoms with Crippen LogP contribution in [0.4, 0.5) is 0 Å². The Bertz CT molecular complexity index is 770. The lowest BCUT2D eigenvalue weighted by atomic mass is 10.2. The highest BCUT2D eigenvalue weighted by Crippen LogP contribution is 2.34. The van der Waals surface area contributed by atoms with Crippen LogP contribution in [0.3, 0.4) is 0 Å². The van der Waals surface area contributed by atoms with Gasteiger partial charge in [-0.1, -0.05) is 6.07 Å². The number of hydrogen-bond donors (Lipinski definition) is 0. The highest BCUT2D eigenvalue weighted by Gasteiger charge is 2.40. The molecule has 22 heavy (non-hydrogen) atoms. The van der Waals surface area contributed by atoms with Crippen molar-refractivity contribution in [3.8, 4) is 0 Å². The number of fused-ring (bicyclic) bond motifs is 1. The molecule has 1 aliphatic heterocycles. The van der Waals surface area contributed by atoms with E-state index in [0.717, 1.165) is 18.5 Å². The minimum Gasteiger partial charge on any atom is -0.285 e. The van der Waals surface area contributed by atoms with Crippen molar-refractivity contribution in [3.63, 3.8) is 0 Å². The Labute approximate surface area is 130 Å². The molecule has 0 N–H and O–H groups in total. The van der Waals surface area contributed by atoms with Gasteiger partial charge >= 0.3 is 0 Å². The fraction of sp³-hybridized carbons (Fsp3) is 0.571. The van der Waals surface area contributed by atoms with Crippen molar-refractivity contribution in [2.45, 2.75) is 38.8 Å². The molecule has 2 aromatic heterocycles. The van der Waals surface area contributed by atoms with Crippen LogP contribution in [0.1, 0.15) is 38.6 Å². The van der Waals surface area contributed by atoms with Crippen molar-refractivity contribution in [1.82, 2.24) is 23.2 Å². The normalized spacial score (nSPS) is 20.5. The molecular formula is C14H21N5O2S. The molecule has 0 saturated carbocycles. The summed E-state index contributed by atoms with van der Waals surface area (Å²) in [5, 5.41) is 8.37. The average Bonchev–Trinajstić information content (AvgIpc) is 3.12. The van der Waals surface area contributed by atoms with Gasteiger partial charge < -0.3 is 0 Å². The highest BCUT2D eigenvalue weighted by atomic mass is 32.2. The molecule has 7 nitrogen and oxygen atoms in total. The van der Waals surface area contributed by atoms with E-state index in [-0.39, 0.29) is 12.1 Å². The van der Waals surface area contributed by atoms with Gasteiger partial charge in [0, 0.05) is 25.8 Å². The molecule has 0 radical (unpaired) electrons. The van der Waals surface area contributed by atoms with Crippen molar-refractivity contribution in [2.24, 2.45) is 0 Å². The van der Waals surface area contributed by atoms with E-state index in [0.29, 0.717) is 12.4 Å². The van der Waals surface area contributed by atoms with E-state index in [4.69, 9.17) is 0 Å². The molecule has 0 aliphatic carbocycles. The maximum absolute atomic E-state index is 12.8. The van der Waals surface area contributed by atoms with Crippen LogP contribution in [0.2, 0.25) is 0 Å². The Hall–Kier alpha value is -1.51. The summed E-state index contributed by atoms with van der Waals surface area (Å²) in [6.07, 6.45) is 3.47. The summed E-state index contributed by atoms with van der Waals surface area (Å²) in [4.78, 5) is 0. The Kier molecular flexibility index (Phi) is 3.92. The first-order chi connectivity index (χ1) is 10.4. The fourth-order valence-corrected chi connectivity index (χ4v) is 4.54. The quantitative estimate of drug-likeness (QED) is 0.854. The lowest BCUT2D eigenvalue weighted by Crippen LogP contribution is -2.44. The Balaban J connectivity index is 2.00. The molecule has 0 spiro atoms. The van der Waals surface area contributed by atoms with Gasteiger partial charge in [-0.05, 0) is 38.8 Å². The van der Waals surface area contributed by atoms with Crippen LogP contribution in [0.25, 0.3) is 5.65 Å². The fourth-order valence-electron chi connectivity index (χ4n) is 2.79. The summed E-state index contributed by atoms with van der Waals surface area (Å²) in [5.74, 6) is 0.689. The summed E-state index contributed by atoms with van der Waals surface area (Å²) in [6, 6.07) is 5.31. The Morgan fingerprint density at radius 2 is 2.09 bits per heavy atom. The molecule has 8 heteroatoms. The molecule has 3 heterocycles. The zero-order valence-corrected chi connectivity index (χ0v) is 13.9. The number of aromatic nitrogens is 3. The van der Waals surface area contributed by atoms with Crippen molar-refractivity contribution < 1.29 is 8.42 Å². The van der Waals surface area contributed by atoms with Crippen molar-refractivity contribution >= 4 is 15.9 Å². The molecule has 0 amide bonds. The third-order valence-corrected chi connectivity index (χ3v) is 6.41. The van der Waals surface area contributed by atoms with Crippen molar-refractivity contribution in [3.05, 3.63) is 30.2 Å². The molecule has 1 atom stereocenters. The van der Waals surface area contributed by atoms with Gasteiger partial charge in [0.1, 0.15) is 0 Å². The van der Waals surface area contributed by atoms with Crippen LogP contribution in [0, 0.1) is 0 Å². The van der Waals surface area contributed by atoms with E-state index in [1.54, 1.807) is 11.4 Å². The first-order valence-electron chi connectivity index (χ1n) is 7.47. The topological polar surface area (TPSA) is 70.8 Å². The van der Waals surface area contributed by atoms with E-state index in [2.05, 4.69) is 10.2 Å². The van der Waals surface area contributed by atoms with Gasteiger partial charge in [-0.15, -0.1) is 10.2 Å². The molecule has 2 aromatic rings. The van der Waals surface area contributed by atoms with Gasteiger partial charge in [0.05, 0.1) is 6.04 Å². The minimum absolute atomic E-state index is 0.0820. The smallest absolute Gasteiger partial charge is 0.282 e. The summed E-state index contributed by atoms with van der Waals surface area (Å²) in [6.45, 7) is 4.26. The second kappa shape index (κ2) is 5.60. The molecule has 1 saturated heterocycles. The third-order valence-electron chi connectivity index (χ3n) is 4.23. The molecular weight excluding hydrogens is 302 g/mol. The van der Waals surface area contributed by atoms with Gasteiger partial charge in [0.15, 0.2) is 11.5 Å². The molecule has 120 valence electrons. The van der Waals surface area contributed by atoms with Crippen molar-refractivity contribution in [1.29, 1.82) is 0 Å². The molecule has 0 bridgehead atoms. The largest absolute Gasteiger partial charge is 0.285 e. The van der Waals surface area contributed by atoms with Gasteiger partial charge in [-0.25, -0.2) is 0 Å². The summed E-state index contributed by atoms with van der Waals surface area (Å²) in [7, 11) is -1.87. The van der Waals surface area contributed by atoms with Crippen LogP contribution in [0.5, 0.6) is 0 Å². The maximum atomic E-state index is 12.8. The molecule has 1 fully saturated rings. The van der Waals surface area contributed by atoms with Crippen LogP contribution in [0.15, 0.2) is 24.4 Å². The molecule has 0 aromatic carbocycles. The monoisotopic (exact) mass is 323 g/mol.